The number of hydrogen-bond acceptors (Lipinski definition) is 2. The van der Waals surface area contributed by atoms with E-state index in [9.17, 15) is 9.18 Å². The van der Waals surface area contributed by atoms with Crippen LogP contribution >= 0.6 is 0 Å². The molecule has 0 aliphatic heterocycles. The van der Waals surface area contributed by atoms with Crippen LogP contribution in [0.15, 0.2) is 48.5 Å². The van der Waals surface area contributed by atoms with Crippen molar-refractivity contribution in [1.82, 2.24) is 10.3 Å². The van der Waals surface area contributed by atoms with E-state index in [2.05, 4.69) is 10.3 Å². The highest BCUT2D eigenvalue weighted by Crippen LogP contribution is 2.22. The van der Waals surface area contributed by atoms with Gasteiger partial charge in [-0.05, 0) is 37.1 Å². The topological polar surface area (TPSA) is 42.0 Å². The first-order valence-electron chi connectivity index (χ1n) is 7.91. The van der Waals surface area contributed by atoms with Gasteiger partial charge in [0.2, 0.25) is 5.91 Å². The monoisotopic (exact) mass is 322 g/mol. The molecule has 122 valence electrons. The summed E-state index contributed by atoms with van der Waals surface area (Å²) in [5, 5.41) is 3.84. The number of rotatable bonds is 4. The third kappa shape index (κ3) is 3.27. The highest BCUT2D eigenvalue weighted by molar-refractivity contribution is 5.86. The van der Waals surface area contributed by atoms with E-state index in [4.69, 9.17) is 0 Å². The van der Waals surface area contributed by atoms with E-state index in [-0.39, 0.29) is 24.7 Å². The smallest absolute Gasteiger partial charge is 0.224 e. The molecular formula is C20H19FN2O. The molecule has 4 heteroatoms. The Kier molecular flexibility index (Phi) is 4.56. The van der Waals surface area contributed by atoms with Gasteiger partial charge in [0.1, 0.15) is 5.82 Å². The van der Waals surface area contributed by atoms with Gasteiger partial charge in [0.25, 0.3) is 0 Å². The highest BCUT2D eigenvalue weighted by Gasteiger charge is 2.13. The number of carbonyl (C=O) groups excluding carboxylic acids is 1. The lowest BCUT2D eigenvalue weighted by atomic mass is 9.99. The molecule has 3 rings (SSSR count). The van der Waals surface area contributed by atoms with Crippen LogP contribution in [0.2, 0.25) is 0 Å². The van der Waals surface area contributed by atoms with Gasteiger partial charge in [0, 0.05) is 23.2 Å². The van der Waals surface area contributed by atoms with Crippen molar-refractivity contribution < 1.29 is 9.18 Å². The standard InChI is InChI=1S/C20H19FN2O/c1-13-16-8-4-6-10-19(16)23-14(2)17(13)11-20(24)22-12-15-7-3-5-9-18(15)21/h3-10H,11-12H2,1-2H3,(H,22,24). The second-order valence-electron chi connectivity index (χ2n) is 5.86. The molecular weight excluding hydrogens is 303 g/mol. The zero-order chi connectivity index (χ0) is 17.1. The SMILES string of the molecule is Cc1nc2ccccc2c(C)c1CC(=O)NCc1ccccc1F. The van der Waals surface area contributed by atoms with Crippen LogP contribution in [0, 0.1) is 19.7 Å². The summed E-state index contributed by atoms with van der Waals surface area (Å²) in [7, 11) is 0. The normalized spacial score (nSPS) is 10.8. The number of amides is 1. The number of halogens is 1. The third-order valence-electron chi connectivity index (χ3n) is 4.26. The molecule has 24 heavy (non-hydrogen) atoms. The van der Waals surface area contributed by atoms with E-state index in [1.54, 1.807) is 18.2 Å². The van der Waals surface area contributed by atoms with E-state index in [0.717, 1.165) is 27.7 Å². The van der Waals surface area contributed by atoms with E-state index in [1.165, 1.54) is 6.07 Å². The van der Waals surface area contributed by atoms with Crippen LogP contribution < -0.4 is 5.32 Å². The number of carbonyl (C=O) groups is 1. The molecule has 1 heterocycles. The van der Waals surface area contributed by atoms with Crippen molar-refractivity contribution in [2.24, 2.45) is 0 Å². The van der Waals surface area contributed by atoms with Gasteiger partial charge in [-0.25, -0.2) is 4.39 Å². The summed E-state index contributed by atoms with van der Waals surface area (Å²) >= 11 is 0. The van der Waals surface area contributed by atoms with Crippen molar-refractivity contribution in [2.45, 2.75) is 26.8 Å². The zero-order valence-electron chi connectivity index (χ0n) is 13.8. The zero-order valence-corrected chi connectivity index (χ0v) is 13.8. The summed E-state index contributed by atoms with van der Waals surface area (Å²) in [4.78, 5) is 16.9. The molecule has 0 saturated heterocycles. The van der Waals surface area contributed by atoms with Crippen molar-refractivity contribution in [1.29, 1.82) is 0 Å². The number of pyridine rings is 1. The van der Waals surface area contributed by atoms with Crippen LogP contribution in [0.4, 0.5) is 4.39 Å². The van der Waals surface area contributed by atoms with Crippen LogP contribution in [0.25, 0.3) is 10.9 Å². The summed E-state index contributed by atoms with van der Waals surface area (Å²) in [5.41, 5.74) is 4.27. The Labute approximate surface area is 140 Å². The molecule has 0 aliphatic rings. The van der Waals surface area contributed by atoms with Crippen molar-refractivity contribution >= 4 is 16.8 Å². The molecule has 3 aromatic rings. The fourth-order valence-corrected chi connectivity index (χ4v) is 2.89. The van der Waals surface area contributed by atoms with Gasteiger partial charge in [0.05, 0.1) is 11.9 Å². The summed E-state index contributed by atoms with van der Waals surface area (Å²) in [6.07, 6.45) is 0.240. The first-order valence-corrected chi connectivity index (χ1v) is 7.91. The molecule has 3 nitrogen and oxygen atoms in total. The number of hydrogen-bond donors (Lipinski definition) is 1. The number of nitrogens with one attached hydrogen (secondary N) is 1. The first kappa shape index (κ1) is 16.1. The number of nitrogens with zero attached hydrogens (tertiary/aromatic N) is 1. The predicted molar refractivity (Wildman–Crippen MR) is 93.2 cm³/mol. The number of fused-ring (bicyclic) bond motifs is 1. The second-order valence-corrected chi connectivity index (χ2v) is 5.86. The predicted octanol–water partition coefficient (Wildman–Crippen LogP) is 3.85. The lowest BCUT2D eigenvalue weighted by molar-refractivity contribution is -0.120. The van der Waals surface area contributed by atoms with Crippen LogP contribution in [0.3, 0.4) is 0 Å². The number of para-hydroxylation sites is 1. The number of aryl methyl sites for hydroxylation is 2. The van der Waals surface area contributed by atoms with Crippen LogP contribution in [-0.2, 0) is 17.8 Å². The van der Waals surface area contributed by atoms with E-state index < -0.39 is 0 Å². The molecule has 0 saturated carbocycles. The molecule has 1 amide bonds. The fraction of sp³-hybridized carbons (Fsp3) is 0.200. The average molecular weight is 322 g/mol. The Morgan fingerprint density at radius 2 is 1.79 bits per heavy atom. The highest BCUT2D eigenvalue weighted by atomic mass is 19.1. The van der Waals surface area contributed by atoms with Gasteiger partial charge in [0.15, 0.2) is 0 Å². The maximum absolute atomic E-state index is 13.6. The molecule has 0 aliphatic carbocycles. The molecule has 0 radical (unpaired) electrons. The van der Waals surface area contributed by atoms with E-state index in [0.29, 0.717) is 5.56 Å². The number of benzene rings is 2. The van der Waals surface area contributed by atoms with Gasteiger partial charge < -0.3 is 5.32 Å². The third-order valence-corrected chi connectivity index (χ3v) is 4.26. The van der Waals surface area contributed by atoms with Gasteiger partial charge in [-0.1, -0.05) is 36.4 Å². The quantitative estimate of drug-likeness (QED) is 0.793. The Bertz CT molecular complexity index is 905. The summed E-state index contributed by atoms with van der Waals surface area (Å²) < 4.78 is 13.6. The number of aromatic nitrogens is 1. The van der Waals surface area contributed by atoms with Crippen LogP contribution in [0.5, 0.6) is 0 Å². The Hall–Kier alpha value is -2.75. The Morgan fingerprint density at radius 3 is 2.58 bits per heavy atom. The maximum Gasteiger partial charge on any atom is 0.224 e. The van der Waals surface area contributed by atoms with Crippen molar-refractivity contribution in [3.63, 3.8) is 0 Å². The summed E-state index contributed by atoms with van der Waals surface area (Å²) in [6, 6.07) is 14.4. The fourth-order valence-electron chi connectivity index (χ4n) is 2.89. The summed E-state index contributed by atoms with van der Waals surface area (Å²) in [6.45, 7) is 4.11. The van der Waals surface area contributed by atoms with Gasteiger partial charge in [-0.2, -0.15) is 0 Å². The van der Waals surface area contributed by atoms with E-state index >= 15 is 0 Å². The minimum absolute atomic E-state index is 0.137. The largest absolute Gasteiger partial charge is 0.352 e. The first-order chi connectivity index (χ1) is 11.6. The maximum atomic E-state index is 13.6. The van der Waals surface area contributed by atoms with Gasteiger partial charge >= 0.3 is 0 Å². The average Bonchev–Trinajstić information content (AvgIpc) is 2.58. The molecule has 0 unspecified atom stereocenters. The van der Waals surface area contributed by atoms with Crippen molar-refractivity contribution in [3.05, 3.63) is 76.7 Å². The molecule has 1 aromatic heterocycles. The Morgan fingerprint density at radius 1 is 1.08 bits per heavy atom. The van der Waals surface area contributed by atoms with Gasteiger partial charge in [-0.15, -0.1) is 0 Å². The lowest BCUT2D eigenvalue weighted by Crippen LogP contribution is -2.25. The van der Waals surface area contributed by atoms with Crippen LogP contribution in [-0.4, -0.2) is 10.9 Å². The second kappa shape index (κ2) is 6.79. The molecule has 0 bridgehead atoms. The molecule has 1 N–H and O–H groups in total. The van der Waals surface area contributed by atoms with Crippen LogP contribution in [0.1, 0.15) is 22.4 Å². The molecule has 0 spiro atoms. The molecule has 0 fully saturated rings. The minimum Gasteiger partial charge on any atom is -0.352 e. The minimum atomic E-state index is -0.308. The lowest BCUT2D eigenvalue weighted by Gasteiger charge is -2.13. The Balaban J connectivity index is 1.77. The molecule has 0 atom stereocenters. The molecule has 2 aromatic carbocycles. The summed E-state index contributed by atoms with van der Waals surface area (Å²) in [5.74, 6) is -0.445. The van der Waals surface area contributed by atoms with Gasteiger partial charge in [-0.3, -0.25) is 9.78 Å². The van der Waals surface area contributed by atoms with Crippen molar-refractivity contribution in [3.8, 4) is 0 Å². The van der Waals surface area contributed by atoms with Crippen molar-refractivity contribution in [2.75, 3.05) is 0 Å². The van der Waals surface area contributed by atoms with E-state index in [1.807, 2.05) is 38.1 Å².